The molecule has 0 saturated carbocycles. The van der Waals surface area contributed by atoms with Gasteiger partial charge in [0.05, 0.1) is 4.90 Å². The Balaban J connectivity index is 2.33. The molecule has 1 aliphatic heterocycles. The van der Waals surface area contributed by atoms with Gasteiger partial charge >= 0.3 is 0 Å². The monoisotopic (exact) mass is 311 g/mol. The summed E-state index contributed by atoms with van der Waals surface area (Å²) in [5, 5.41) is 5.58. The fourth-order valence-electron chi connectivity index (χ4n) is 2.40. The van der Waals surface area contributed by atoms with E-state index in [9.17, 15) is 13.2 Å². The highest BCUT2D eigenvalue weighted by Crippen LogP contribution is 2.20. The van der Waals surface area contributed by atoms with Crippen LogP contribution >= 0.6 is 0 Å². The van der Waals surface area contributed by atoms with Gasteiger partial charge in [0, 0.05) is 26.7 Å². The SMILES string of the molecule is CCc1ccc(S(=O)(=O)N2CCNCC2C(=O)NC)cc1. The second-order valence-electron chi connectivity index (χ2n) is 4.95. The maximum absolute atomic E-state index is 12.7. The normalized spacial score (nSPS) is 20.2. The molecule has 1 unspecified atom stereocenters. The second kappa shape index (κ2) is 6.55. The summed E-state index contributed by atoms with van der Waals surface area (Å²) < 4.78 is 26.8. The zero-order chi connectivity index (χ0) is 15.5. The number of hydrogen-bond acceptors (Lipinski definition) is 4. The number of sulfonamides is 1. The Bertz CT molecular complexity index is 598. The van der Waals surface area contributed by atoms with Gasteiger partial charge < -0.3 is 10.6 Å². The lowest BCUT2D eigenvalue weighted by molar-refractivity contribution is -0.124. The Hall–Kier alpha value is -1.44. The third kappa shape index (κ3) is 3.25. The van der Waals surface area contributed by atoms with Crippen LogP contribution in [0.5, 0.6) is 0 Å². The van der Waals surface area contributed by atoms with Gasteiger partial charge in [0.15, 0.2) is 0 Å². The van der Waals surface area contributed by atoms with Crippen LogP contribution in [0.2, 0.25) is 0 Å². The number of amides is 1. The molecule has 1 heterocycles. The van der Waals surface area contributed by atoms with Crippen LogP contribution in [0.25, 0.3) is 0 Å². The van der Waals surface area contributed by atoms with Crippen molar-refractivity contribution in [1.29, 1.82) is 0 Å². The van der Waals surface area contributed by atoms with Crippen LogP contribution in [-0.4, -0.2) is 51.4 Å². The highest BCUT2D eigenvalue weighted by atomic mass is 32.2. The average Bonchev–Trinajstić information content (AvgIpc) is 2.54. The minimum Gasteiger partial charge on any atom is -0.358 e. The van der Waals surface area contributed by atoms with E-state index in [4.69, 9.17) is 0 Å². The number of nitrogens with zero attached hydrogens (tertiary/aromatic N) is 1. The van der Waals surface area contributed by atoms with Gasteiger partial charge in [-0.2, -0.15) is 4.31 Å². The van der Waals surface area contributed by atoms with Crippen molar-refractivity contribution in [3.8, 4) is 0 Å². The van der Waals surface area contributed by atoms with Crippen molar-refractivity contribution < 1.29 is 13.2 Å². The molecule has 0 aliphatic carbocycles. The van der Waals surface area contributed by atoms with E-state index in [0.717, 1.165) is 12.0 Å². The first-order valence-corrected chi connectivity index (χ1v) is 8.47. The molecule has 6 nitrogen and oxygen atoms in total. The van der Waals surface area contributed by atoms with Crippen LogP contribution in [0, 0.1) is 0 Å². The number of carbonyl (C=O) groups is 1. The molecule has 1 aromatic carbocycles. The predicted molar refractivity (Wildman–Crippen MR) is 80.4 cm³/mol. The Morgan fingerprint density at radius 2 is 2.05 bits per heavy atom. The smallest absolute Gasteiger partial charge is 0.243 e. The highest BCUT2D eigenvalue weighted by molar-refractivity contribution is 7.89. The van der Waals surface area contributed by atoms with Crippen molar-refractivity contribution >= 4 is 15.9 Å². The Morgan fingerprint density at radius 1 is 1.38 bits per heavy atom. The molecule has 0 radical (unpaired) electrons. The zero-order valence-electron chi connectivity index (χ0n) is 12.3. The Kier molecular flexibility index (Phi) is 4.97. The van der Waals surface area contributed by atoms with Gasteiger partial charge in [-0.15, -0.1) is 0 Å². The topological polar surface area (TPSA) is 78.5 Å². The van der Waals surface area contributed by atoms with Gasteiger partial charge in [-0.05, 0) is 24.1 Å². The van der Waals surface area contributed by atoms with E-state index in [2.05, 4.69) is 10.6 Å². The number of aryl methyl sites for hydroxylation is 1. The lowest BCUT2D eigenvalue weighted by atomic mass is 10.2. The number of rotatable bonds is 4. The van der Waals surface area contributed by atoms with Gasteiger partial charge in [0.1, 0.15) is 6.04 Å². The number of hydrogen-bond donors (Lipinski definition) is 2. The lowest BCUT2D eigenvalue weighted by Crippen LogP contribution is -2.59. The molecule has 1 aromatic rings. The van der Waals surface area contributed by atoms with Crippen LogP contribution in [0.15, 0.2) is 29.2 Å². The fraction of sp³-hybridized carbons (Fsp3) is 0.500. The molecule has 0 spiro atoms. The molecule has 1 amide bonds. The van der Waals surface area contributed by atoms with E-state index in [-0.39, 0.29) is 17.3 Å². The first-order valence-electron chi connectivity index (χ1n) is 7.03. The standard InChI is InChI=1S/C14H21N3O3S/c1-3-11-4-6-12(7-5-11)21(19,20)17-9-8-16-10-13(17)14(18)15-2/h4-7,13,16H,3,8-10H2,1-2H3,(H,15,18). The Labute approximate surface area is 125 Å². The van der Waals surface area contributed by atoms with Gasteiger partial charge in [0.2, 0.25) is 15.9 Å². The largest absolute Gasteiger partial charge is 0.358 e. The summed E-state index contributed by atoms with van der Waals surface area (Å²) in [5.74, 6) is -0.295. The van der Waals surface area contributed by atoms with Gasteiger partial charge in [-0.25, -0.2) is 8.42 Å². The van der Waals surface area contributed by atoms with Crippen molar-refractivity contribution in [1.82, 2.24) is 14.9 Å². The van der Waals surface area contributed by atoms with Crippen LogP contribution < -0.4 is 10.6 Å². The minimum atomic E-state index is -3.66. The average molecular weight is 311 g/mol. The van der Waals surface area contributed by atoms with Crippen molar-refractivity contribution in [3.63, 3.8) is 0 Å². The molecule has 0 bridgehead atoms. The van der Waals surface area contributed by atoms with E-state index in [1.54, 1.807) is 12.1 Å². The van der Waals surface area contributed by atoms with Crippen molar-refractivity contribution in [2.24, 2.45) is 0 Å². The van der Waals surface area contributed by atoms with Crippen molar-refractivity contribution in [3.05, 3.63) is 29.8 Å². The van der Waals surface area contributed by atoms with Crippen LogP contribution in [0.1, 0.15) is 12.5 Å². The summed E-state index contributed by atoms with van der Waals surface area (Å²) in [7, 11) is -2.15. The lowest BCUT2D eigenvalue weighted by Gasteiger charge is -2.33. The molecule has 7 heteroatoms. The van der Waals surface area contributed by atoms with Gasteiger partial charge in [-0.3, -0.25) is 4.79 Å². The maximum atomic E-state index is 12.7. The summed E-state index contributed by atoms with van der Waals surface area (Å²) in [5.41, 5.74) is 1.08. The van der Waals surface area contributed by atoms with Crippen LogP contribution in [0.3, 0.4) is 0 Å². The molecule has 1 aliphatic rings. The highest BCUT2D eigenvalue weighted by Gasteiger charge is 2.37. The molecule has 1 saturated heterocycles. The van der Waals surface area contributed by atoms with Crippen LogP contribution in [-0.2, 0) is 21.2 Å². The summed E-state index contributed by atoms with van der Waals surface area (Å²) in [6.45, 7) is 3.17. The number of benzene rings is 1. The number of nitrogens with one attached hydrogen (secondary N) is 2. The molecule has 1 atom stereocenters. The molecule has 21 heavy (non-hydrogen) atoms. The van der Waals surface area contributed by atoms with Crippen molar-refractivity contribution in [2.75, 3.05) is 26.7 Å². The zero-order valence-corrected chi connectivity index (χ0v) is 13.1. The molecule has 2 rings (SSSR count). The van der Waals surface area contributed by atoms with Crippen molar-refractivity contribution in [2.45, 2.75) is 24.3 Å². The van der Waals surface area contributed by atoms with E-state index in [1.807, 2.05) is 19.1 Å². The quantitative estimate of drug-likeness (QED) is 0.818. The number of likely N-dealkylation sites (N-methyl/N-ethyl adjacent to an activating group) is 1. The molecular weight excluding hydrogens is 290 g/mol. The van der Waals surface area contributed by atoms with Gasteiger partial charge in [0.25, 0.3) is 0 Å². The third-order valence-electron chi connectivity index (χ3n) is 3.68. The Morgan fingerprint density at radius 3 is 2.62 bits per heavy atom. The van der Waals surface area contributed by atoms with E-state index >= 15 is 0 Å². The third-order valence-corrected chi connectivity index (χ3v) is 5.60. The molecule has 116 valence electrons. The fourth-order valence-corrected chi connectivity index (χ4v) is 3.98. The van der Waals surface area contributed by atoms with Crippen LogP contribution in [0.4, 0.5) is 0 Å². The molecule has 0 aromatic heterocycles. The number of carbonyl (C=O) groups excluding carboxylic acids is 1. The van der Waals surface area contributed by atoms with E-state index < -0.39 is 16.1 Å². The summed E-state index contributed by atoms with van der Waals surface area (Å²) >= 11 is 0. The van der Waals surface area contributed by atoms with E-state index in [1.165, 1.54) is 11.4 Å². The predicted octanol–water partition coefficient (Wildman–Crippen LogP) is -0.0425. The minimum absolute atomic E-state index is 0.232. The number of piperazine rings is 1. The first-order chi connectivity index (χ1) is 10.0. The molecule has 2 N–H and O–H groups in total. The molecule has 1 fully saturated rings. The second-order valence-corrected chi connectivity index (χ2v) is 6.84. The summed E-state index contributed by atoms with van der Waals surface area (Å²) in [6, 6.07) is 6.13. The van der Waals surface area contributed by atoms with Gasteiger partial charge in [-0.1, -0.05) is 19.1 Å². The first kappa shape index (κ1) is 15.9. The molecular formula is C14H21N3O3S. The maximum Gasteiger partial charge on any atom is 0.243 e. The van der Waals surface area contributed by atoms with E-state index in [0.29, 0.717) is 13.1 Å². The summed E-state index contributed by atoms with van der Waals surface area (Å²) in [6.07, 6.45) is 0.856. The summed E-state index contributed by atoms with van der Waals surface area (Å²) in [4.78, 5) is 12.1.